The molecule has 1 aliphatic heterocycles. The molecule has 1 aliphatic rings. The van der Waals surface area contributed by atoms with Crippen LogP contribution in [0.4, 0.5) is 0 Å². The smallest absolute Gasteiger partial charge is 0.236 e. The molecule has 1 rings (SSSR count). The number of carbonyl (C=O) groups excluding carboxylic acids is 1. The summed E-state index contributed by atoms with van der Waals surface area (Å²) in [5.74, 6) is 1.25. The van der Waals surface area contributed by atoms with E-state index in [-0.39, 0.29) is 5.91 Å². The van der Waals surface area contributed by atoms with Gasteiger partial charge in [0.05, 0.1) is 13.2 Å². The summed E-state index contributed by atoms with van der Waals surface area (Å²) < 4.78 is 5.23. The minimum Gasteiger partial charge on any atom is -0.383 e. The number of carbonyl (C=O) groups is 1. The van der Waals surface area contributed by atoms with Crippen LogP contribution in [0.5, 0.6) is 0 Å². The molecule has 0 spiro atoms. The molecule has 0 aromatic heterocycles. The number of methoxy groups -OCH3 is 1. The summed E-state index contributed by atoms with van der Waals surface area (Å²) in [7, 11) is 1.66. The molecule has 5 heteroatoms. The Hall–Kier alpha value is -0.260. The largest absolute Gasteiger partial charge is 0.383 e. The summed E-state index contributed by atoms with van der Waals surface area (Å²) in [5, 5.41) is 3.10. The average Bonchev–Trinajstić information content (AvgIpc) is 2.45. The Bertz CT molecular complexity index is 247. The summed E-state index contributed by atoms with van der Waals surface area (Å²) in [5.41, 5.74) is 0. The number of hydrogen-bond donors (Lipinski definition) is 1. The lowest BCUT2D eigenvalue weighted by atomic mass is 10.1. The monoisotopic (exact) mass is 260 g/mol. The summed E-state index contributed by atoms with van der Waals surface area (Å²) in [6.45, 7) is 8.07. The van der Waals surface area contributed by atoms with Gasteiger partial charge < -0.3 is 15.0 Å². The second kappa shape index (κ2) is 7.24. The van der Waals surface area contributed by atoms with E-state index in [1.807, 2.05) is 16.7 Å². The molecule has 1 amide bonds. The van der Waals surface area contributed by atoms with E-state index in [0.717, 1.165) is 31.8 Å². The van der Waals surface area contributed by atoms with E-state index in [0.29, 0.717) is 17.9 Å². The molecular weight excluding hydrogens is 236 g/mol. The van der Waals surface area contributed by atoms with Gasteiger partial charge in [0, 0.05) is 37.2 Å². The minimum absolute atomic E-state index is 0.208. The van der Waals surface area contributed by atoms with Crippen LogP contribution in [0.25, 0.3) is 0 Å². The molecule has 0 atom stereocenters. The quantitative estimate of drug-likeness (QED) is 0.748. The Morgan fingerprint density at radius 1 is 1.47 bits per heavy atom. The van der Waals surface area contributed by atoms with Crippen molar-refractivity contribution in [1.82, 2.24) is 10.2 Å². The van der Waals surface area contributed by atoms with Gasteiger partial charge in [-0.3, -0.25) is 4.79 Å². The molecule has 0 radical (unpaired) electrons. The fourth-order valence-corrected chi connectivity index (χ4v) is 2.85. The van der Waals surface area contributed by atoms with Crippen molar-refractivity contribution in [1.29, 1.82) is 0 Å². The standard InChI is InChI=1S/C12H24N2O2S/c1-12(2)4-6-14(7-9-17-12)11(15)10-13-5-8-16-3/h13H,4-10H2,1-3H3. The van der Waals surface area contributed by atoms with E-state index in [1.165, 1.54) is 0 Å². The Morgan fingerprint density at radius 2 is 2.24 bits per heavy atom. The highest BCUT2D eigenvalue weighted by Gasteiger charge is 2.25. The average molecular weight is 260 g/mol. The molecule has 0 aliphatic carbocycles. The molecule has 0 aromatic rings. The zero-order valence-corrected chi connectivity index (χ0v) is 11.9. The van der Waals surface area contributed by atoms with E-state index in [9.17, 15) is 4.79 Å². The van der Waals surface area contributed by atoms with Crippen molar-refractivity contribution >= 4 is 17.7 Å². The predicted octanol–water partition coefficient (Wildman–Crippen LogP) is 0.967. The first-order chi connectivity index (χ1) is 8.05. The molecule has 1 saturated heterocycles. The van der Waals surface area contributed by atoms with Crippen molar-refractivity contribution in [2.45, 2.75) is 25.0 Å². The van der Waals surface area contributed by atoms with Gasteiger partial charge in [0.1, 0.15) is 0 Å². The lowest BCUT2D eigenvalue weighted by molar-refractivity contribution is -0.130. The molecule has 1 fully saturated rings. The molecular formula is C12H24N2O2S. The van der Waals surface area contributed by atoms with Crippen molar-refractivity contribution < 1.29 is 9.53 Å². The second-order valence-electron chi connectivity index (χ2n) is 4.91. The Labute approximate surface area is 108 Å². The van der Waals surface area contributed by atoms with E-state index >= 15 is 0 Å². The van der Waals surface area contributed by atoms with Gasteiger partial charge in [-0.25, -0.2) is 0 Å². The van der Waals surface area contributed by atoms with Gasteiger partial charge >= 0.3 is 0 Å². The molecule has 1 N–H and O–H groups in total. The first-order valence-electron chi connectivity index (χ1n) is 6.16. The predicted molar refractivity (Wildman–Crippen MR) is 72.5 cm³/mol. The molecule has 100 valence electrons. The van der Waals surface area contributed by atoms with Crippen LogP contribution in [0.3, 0.4) is 0 Å². The van der Waals surface area contributed by atoms with Gasteiger partial charge in [0.15, 0.2) is 0 Å². The molecule has 0 bridgehead atoms. The third-order valence-electron chi connectivity index (χ3n) is 2.95. The number of ether oxygens (including phenoxy) is 1. The summed E-state index contributed by atoms with van der Waals surface area (Å²) >= 11 is 1.96. The highest BCUT2D eigenvalue weighted by atomic mass is 32.2. The Kier molecular flexibility index (Phi) is 6.30. The van der Waals surface area contributed by atoms with Crippen molar-refractivity contribution in [3.8, 4) is 0 Å². The first kappa shape index (κ1) is 14.8. The minimum atomic E-state index is 0.208. The lowest BCUT2D eigenvalue weighted by Crippen LogP contribution is -2.40. The second-order valence-corrected chi connectivity index (χ2v) is 6.71. The van der Waals surface area contributed by atoms with E-state index in [1.54, 1.807) is 7.11 Å². The van der Waals surface area contributed by atoms with Crippen LogP contribution in [0.2, 0.25) is 0 Å². The number of amides is 1. The maximum absolute atomic E-state index is 11.9. The molecule has 0 aromatic carbocycles. The van der Waals surface area contributed by atoms with Crippen LogP contribution in [-0.4, -0.2) is 61.2 Å². The normalized spacial score (nSPS) is 20.1. The van der Waals surface area contributed by atoms with Crippen LogP contribution >= 0.6 is 11.8 Å². The fourth-order valence-electron chi connectivity index (χ4n) is 1.75. The first-order valence-corrected chi connectivity index (χ1v) is 7.15. The van der Waals surface area contributed by atoms with Gasteiger partial charge in [0.25, 0.3) is 0 Å². The number of thioether (sulfide) groups is 1. The van der Waals surface area contributed by atoms with Gasteiger partial charge in [-0.1, -0.05) is 13.8 Å². The van der Waals surface area contributed by atoms with Crippen LogP contribution in [-0.2, 0) is 9.53 Å². The molecule has 17 heavy (non-hydrogen) atoms. The SMILES string of the molecule is COCCNCC(=O)N1CCSC(C)(C)CC1. The van der Waals surface area contributed by atoms with Gasteiger partial charge in [-0.15, -0.1) is 0 Å². The van der Waals surface area contributed by atoms with Crippen LogP contribution in [0, 0.1) is 0 Å². The zero-order valence-electron chi connectivity index (χ0n) is 11.1. The Balaban J connectivity index is 2.27. The number of hydrogen-bond acceptors (Lipinski definition) is 4. The highest BCUT2D eigenvalue weighted by Crippen LogP contribution is 2.30. The number of nitrogens with zero attached hydrogens (tertiary/aromatic N) is 1. The Morgan fingerprint density at radius 3 is 2.94 bits per heavy atom. The van der Waals surface area contributed by atoms with Crippen LogP contribution in [0.1, 0.15) is 20.3 Å². The van der Waals surface area contributed by atoms with Gasteiger partial charge in [-0.2, -0.15) is 11.8 Å². The summed E-state index contributed by atoms with van der Waals surface area (Å²) in [6.07, 6.45) is 1.07. The molecule has 1 heterocycles. The van der Waals surface area contributed by atoms with Gasteiger partial charge in [0.2, 0.25) is 5.91 Å². The molecule has 4 nitrogen and oxygen atoms in total. The lowest BCUT2D eigenvalue weighted by Gasteiger charge is -2.22. The van der Waals surface area contributed by atoms with E-state index < -0.39 is 0 Å². The van der Waals surface area contributed by atoms with E-state index in [2.05, 4.69) is 19.2 Å². The van der Waals surface area contributed by atoms with Crippen molar-refractivity contribution in [2.75, 3.05) is 45.6 Å². The molecule has 0 unspecified atom stereocenters. The number of nitrogens with one attached hydrogen (secondary N) is 1. The van der Waals surface area contributed by atoms with Crippen LogP contribution in [0.15, 0.2) is 0 Å². The summed E-state index contributed by atoms with van der Waals surface area (Å²) in [6, 6.07) is 0. The van der Waals surface area contributed by atoms with Crippen molar-refractivity contribution in [3.63, 3.8) is 0 Å². The maximum Gasteiger partial charge on any atom is 0.236 e. The zero-order chi connectivity index (χ0) is 12.7. The topological polar surface area (TPSA) is 41.6 Å². The third kappa shape index (κ3) is 5.75. The fraction of sp³-hybridized carbons (Fsp3) is 0.917. The maximum atomic E-state index is 11.9. The van der Waals surface area contributed by atoms with Gasteiger partial charge in [-0.05, 0) is 6.42 Å². The van der Waals surface area contributed by atoms with Crippen LogP contribution < -0.4 is 5.32 Å². The molecule has 0 saturated carbocycles. The third-order valence-corrected chi connectivity index (χ3v) is 4.32. The summed E-state index contributed by atoms with van der Waals surface area (Å²) in [4.78, 5) is 13.9. The van der Waals surface area contributed by atoms with Crippen molar-refractivity contribution in [2.24, 2.45) is 0 Å². The highest BCUT2D eigenvalue weighted by molar-refractivity contribution is 8.00. The van der Waals surface area contributed by atoms with E-state index in [4.69, 9.17) is 4.74 Å². The van der Waals surface area contributed by atoms with Crippen molar-refractivity contribution in [3.05, 3.63) is 0 Å². The number of rotatable bonds is 5.